The van der Waals surface area contributed by atoms with Gasteiger partial charge in [-0.05, 0) is 12.8 Å². The Bertz CT molecular complexity index is 323. The molecular weight excluding hydrogens is 374 g/mol. The Morgan fingerprint density at radius 2 is 0.900 bits per heavy atom. The zero-order valence-electron chi connectivity index (χ0n) is 21.0. The Morgan fingerprint density at radius 1 is 0.500 bits per heavy atom. The molecule has 0 aromatic rings. The van der Waals surface area contributed by atoms with E-state index in [2.05, 4.69) is 21.0 Å². The molecule has 0 spiro atoms. The summed E-state index contributed by atoms with van der Waals surface area (Å²) in [5, 5.41) is 8.64. The number of hydrogen-bond acceptors (Lipinski definition) is 3. The van der Waals surface area contributed by atoms with E-state index in [1.807, 2.05) is 0 Å². The standard InChI is InChI=1S/C26H56NO3/c1-4-5-6-7-8-9-10-11-12-13-14-15-16-17-18-19-20-27(2,3)21-23-29-25-26-30-24-22-28/h28H,4-26H2,1-3H3/q+1. The van der Waals surface area contributed by atoms with Crippen molar-refractivity contribution in [3.05, 3.63) is 0 Å². The number of nitrogens with zero attached hydrogens (tertiary/aromatic N) is 1. The number of ether oxygens (including phenoxy) is 2. The monoisotopic (exact) mass is 430 g/mol. The van der Waals surface area contributed by atoms with Crippen LogP contribution < -0.4 is 0 Å². The lowest BCUT2D eigenvalue weighted by Gasteiger charge is -2.29. The largest absolute Gasteiger partial charge is 0.394 e. The van der Waals surface area contributed by atoms with Crippen LogP contribution in [0.2, 0.25) is 0 Å². The third kappa shape index (κ3) is 24.1. The van der Waals surface area contributed by atoms with Crippen molar-refractivity contribution in [3.8, 4) is 0 Å². The van der Waals surface area contributed by atoms with Gasteiger partial charge in [0.05, 0.1) is 53.7 Å². The van der Waals surface area contributed by atoms with Crippen molar-refractivity contribution >= 4 is 0 Å². The van der Waals surface area contributed by atoms with E-state index in [9.17, 15) is 0 Å². The molecule has 0 bridgehead atoms. The van der Waals surface area contributed by atoms with Crippen LogP contribution in [0.3, 0.4) is 0 Å². The molecule has 0 heterocycles. The molecule has 0 fully saturated rings. The molecular formula is C26H56NO3+. The van der Waals surface area contributed by atoms with Crippen LogP contribution in [0, 0.1) is 0 Å². The van der Waals surface area contributed by atoms with E-state index < -0.39 is 0 Å². The molecule has 4 nitrogen and oxygen atoms in total. The van der Waals surface area contributed by atoms with Crippen molar-refractivity contribution in [1.29, 1.82) is 0 Å². The fourth-order valence-corrected chi connectivity index (χ4v) is 3.90. The van der Waals surface area contributed by atoms with Crippen molar-refractivity contribution in [3.63, 3.8) is 0 Å². The van der Waals surface area contributed by atoms with Gasteiger partial charge in [-0.25, -0.2) is 0 Å². The minimum Gasteiger partial charge on any atom is -0.394 e. The molecule has 0 aromatic heterocycles. The van der Waals surface area contributed by atoms with Crippen LogP contribution in [-0.4, -0.2) is 69.8 Å². The molecule has 0 aromatic carbocycles. The molecule has 0 saturated heterocycles. The summed E-state index contributed by atoms with van der Waals surface area (Å²) in [4.78, 5) is 0. The van der Waals surface area contributed by atoms with Crippen LogP contribution >= 0.6 is 0 Å². The summed E-state index contributed by atoms with van der Waals surface area (Å²) in [6, 6.07) is 0. The van der Waals surface area contributed by atoms with Gasteiger partial charge in [0.15, 0.2) is 0 Å². The van der Waals surface area contributed by atoms with Crippen molar-refractivity contribution in [2.75, 3.05) is 60.2 Å². The lowest BCUT2D eigenvalue weighted by molar-refractivity contribution is -0.891. The predicted molar refractivity (Wildman–Crippen MR) is 130 cm³/mol. The number of aliphatic hydroxyl groups excluding tert-OH is 1. The summed E-state index contributed by atoms with van der Waals surface area (Å²) in [5.41, 5.74) is 0. The molecule has 0 aliphatic carbocycles. The van der Waals surface area contributed by atoms with Gasteiger partial charge in [-0.2, -0.15) is 0 Å². The zero-order valence-corrected chi connectivity index (χ0v) is 21.0. The van der Waals surface area contributed by atoms with Crippen LogP contribution in [0.15, 0.2) is 0 Å². The minimum atomic E-state index is 0.0865. The van der Waals surface area contributed by atoms with E-state index in [-0.39, 0.29) is 6.61 Å². The van der Waals surface area contributed by atoms with Crippen LogP contribution in [0.4, 0.5) is 0 Å². The fraction of sp³-hybridized carbons (Fsp3) is 1.00. The van der Waals surface area contributed by atoms with Gasteiger partial charge in [0.25, 0.3) is 0 Å². The maximum absolute atomic E-state index is 8.64. The maximum atomic E-state index is 8.64. The van der Waals surface area contributed by atoms with Crippen LogP contribution in [0.5, 0.6) is 0 Å². The highest BCUT2D eigenvalue weighted by Crippen LogP contribution is 2.14. The second-order valence-electron chi connectivity index (χ2n) is 9.63. The second-order valence-corrected chi connectivity index (χ2v) is 9.63. The molecule has 182 valence electrons. The Kier molecular flexibility index (Phi) is 23.4. The maximum Gasteiger partial charge on any atom is 0.102 e. The third-order valence-corrected chi connectivity index (χ3v) is 6.07. The first-order chi connectivity index (χ1) is 14.6. The Morgan fingerprint density at radius 3 is 1.33 bits per heavy atom. The van der Waals surface area contributed by atoms with Gasteiger partial charge in [0, 0.05) is 0 Å². The minimum absolute atomic E-state index is 0.0865. The lowest BCUT2D eigenvalue weighted by atomic mass is 10.0. The van der Waals surface area contributed by atoms with E-state index >= 15 is 0 Å². The summed E-state index contributed by atoms with van der Waals surface area (Å²) >= 11 is 0. The zero-order chi connectivity index (χ0) is 22.2. The van der Waals surface area contributed by atoms with E-state index in [1.165, 1.54) is 109 Å². The van der Waals surface area contributed by atoms with Gasteiger partial charge in [0.1, 0.15) is 6.54 Å². The first kappa shape index (κ1) is 29.8. The topological polar surface area (TPSA) is 38.7 Å². The average Bonchev–Trinajstić information content (AvgIpc) is 2.72. The molecule has 0 rings (SSSR count). The number of quaternary nitrogens is 1. The summed E-state index contributed by atoms with van der Waals surface area (Å²) in [5.74, 6) is 0. The predicted octanol–water partition coefficient (Wildman–Crippen LogP) is 6.35. The first-order valence-corrected chi connectivity index (χ1v) is 13.2. The fourth-order valence-electron chi connectivity index (χ4n) is 3.90. The molecule has 0 atom stereocenters. The number of rotatable bonds is 25. The average molecular weight is 431 g/mol. The summed E-state index contributed by atoms with van der Waals surface area (Å²) in [6.45, 7) is 7.07. The van der Waals surface area contributed by atoms with Crippen molar-refractivity contribution in [1.82, 2.24) is 0 Å². The van der Waals surface area contributed by atoms with E-state index in [0.717, 1.165) is 17.6 Å². The molecule has 4 heteroatoms. The number of likely N-dealkylation sites (N-methyl/N-ethyl adjacent to an activating group) is 1. The van der Waals surface area contributed by atoms with Crippen molar-refractivity contribution in [2.45, 2.75) is 110 Å². The summed E-state index contributed by atoms with van der Waals surface area (Å²) in [7, 11) is 4.60. The number of unbranched alkanes of at least 4 members (excludes halogenated alkanes) is 15. The highest BCUT2D eigenvalue weighted by molar-refractivity contribution is 4.50. The Balaban J connectivity index is 3.25. The number of aliphatic hydroxyl groups is 1. The highest BCUT2D eigenvalue weighted by atomic mass is 16.5. The second kappa shape index (κ2) is 23.5. The SMILES string of the molecule is CCCCCCCCCCCCCCCCCC[N+](C)(C)CCOCCOCCO. The van der Waals surface area contributed by atoms with Crippen LogP contribution in [-0.2, 0) is 9.47 Å². The van der Waals surface area contributed by atoms with Crippen LogP contribution in [0.25, 0.3) is 0 Å². The Labute approximate surface area is 189 Å². The van der Waals surface area contributed by atoms with Gasteiger partial charge in [-0.15, -0.1) is 0 Å². The lowest BCUT2D eigenvalue weighted by Crippen LogP contribution is -2.43. The summed E-state index contributed by atoms with van der Waals surface area (Å²) in [6.07, 6.45) is 22.8. The smallest absolute Gasteiger partial charge is 0.102 e. The Hall–Kier alpha value is -0.160. The number of hydrogen-bond donors (Lipinski definition) is 1. The molecule has 0 saturated carbocycles. The van der Waals surface area contributed by atoms with E-state index in [4.69, 9.17) is 14.6 Å². The first-order valence-electron chi connectivity index (χ1n) is 13.2. The third-order valence-electron chi connectivity index (χ3n) is 6.07. The molecule has 0 unspecified atom stereocenters. The van der Waals surface area contributed by atoms with Gasteiger partial charge in [0.2, 0.25) is 0 Å². The highest BCUT2D eigenvalue weighted by Gasteiger charge is 2.13. The molecule has 0 radical (unpaired) electrons. The molecule has 0 aliphatic rings. The molecule has 0 aliphatic heterocycles. The van der Waals surface area contributed by atoms with Gasteiger partial charge in [-0.1, -0.05) is 96.8 Å². The van der Waals surface area contributed by atoms with Crippen molar-refractivity contribution < 1.29 is 19.1 Å². The van der Waals surface area contributed by atoms with Gasteiger partial charge in [-0.3, -0.25) is 0 Å². The molecule has 0 amide bonds. The quantitative estimate of drug-likeness (QED) is 0.135. The van der Waals surface area contributed by atoms with E-state index in [0.29, 0.717) is 19.8 Å². The van der Waals surface area contributed by atoms with E-state index in [1.54, 1.807) is 0 Å². The van der Waals surface area contributed by atoms with Gasteiger partial charge >= 0.3 is 0 Å². The summed E-state index contributed by atoms with van der Waals surface area (Å²) < 4.78 is 11.9. The van der Waals surface area contributed by atoms with Gasteiger partial charge < -0.3 is 19.1 Å². The van der Waals surface area contributed by atoms with Crippen molar-refractivity contribution in [2.24, 2.45) is 0 Å². The normalized spacial score (nSPS) is 12.0. The molecule has 1 N–H and O–H groups in total. The molecule has 30 heavy (non-hydrogen) atoms. The van der Waals surface area contributed by atoms with Crippen LogP contribution in [0.1, 0.15) is 110 Å².